The molecule has 4 nitrogen and oxygen atoms in total. The van der Waals surface area contributed by atoms with Crippen molar-refractivity contribution in [3.8, 4) is 0 Å². The fourth-order valence-corrected chi connectivity index (χ4v) is 2.52. The first-order valence-corrected chi connectivity index (χ1v) is 4.65. The second-order valence-corrected chi connectivity index (χ2v) is 4.58. The number of carbonyl (C=O) groups is 1. The first-order chi connectivity index (χ1) is 6.07. The Morgan fingerprint density at radius 1 is 1.54 bits per heavy atom. The Morgan fingerprint density at radius 2 is 2.31 bits per heavy atom. The van der Waals surface area contributed by atoms with E-state index in [2.05, 4.69) is 4.89 Å². The number of epoxide rings is 1. The van der Waals surface area contributed by atoms with Crippen molar-refractivity contribution in [2.45, 2.75) is 44.0 Å². The number of fused-ring (bicyclic) bond motifs is 1. The maximum atomic E-state index is 11.3. The summed E-state index contributed by atoms with van der Waals surface area (Å²) in [6, 6.07) is 0. The SMILES string of the molecule is CC1CC2OC2(C)CC12OOC2=O. The van der Waals surface area contributed by atoms with E-state index >= 15 is 0 Å². The second-order valence-electron chi connectivity index (χ2n) is 4.58. The molecule has 0 bridgehead atoms. The van der Waals surface area contributed by atoms with Crippen LogP contribution in [0.15, 0.2) is 0 Å². The van der Waals surface area contributed by atoms with Crippen molar-refractivity contribution in [3.05, 3.63) is 0 Å². The number of ether oxygens (including phenoxy) is 1. The lowest BCUT2D eigenvalue weighted by Crippen LogP contribution is -2.61. The van der Waals surface area contributed by atoms with Gasteiger partial charge in [0.2, 0.25) is 5.60 Å². The standard InChI is InChI=1S/C9H12O4/c1-5-3-6-8(2,11-6)4-9(5)7(10)12-13-9/h5-6H,3-4H2,1-2H3. The molecule has 2 aliphatic heterocycles. The lowest BCUT2D eigenvalue weighted by molar-refractivity contribution is -0.417. The number of hydrogen-bond acceptors (Lipinski definition) is 4. The lowest BCUT2D eigenvalue weighted by Gasteiger charge is -2.43. The van der Waals surface area contributed by atoms with Crippen molar-refractivity contribution in [2.75, 3.05) is 0 Å². The van der Waals surface area contributed by atoms with E-state index in [0.29, 0.717) is 12.5 Å². The van der Waals surface area contributed by atoms with Gasteiger partial charge in [-0.05, 0) is 13.3 Å². The third-order valence-electron chi connectivity index (χ3n) is 3.62. The van der Waals surface area contributed by atoms with Gasteiger partial charge in [-0.15, -0.1) is 0 Å². The second kappa shape index (κ2) is 1.91. The predicted octanol–water partition coefficient (Wildman–Crippen LogP) is 0.801. The summed E-state index contributed by atoms with van der Waals surface area (Å²) in [6.45, 7) is 4.04. The zero-order chi connectivity index (χ0) is 9.27. The summed E-state index contributed by atoms with van der Waals surface area (Å²) in [6.07, 6.45) is 1.86. The van der Waals surface area contributed by atoms with Crippen molar-refractivity contribution < 1.29 is 19.3 Å². The number of hydrogen-bond donors (Lipinski definition) is 0. The summed E-state index contributed by atoms with van der Waals surface area (Å²) < 4.78 is 5.53. The average Bonchev–Trinajstić information content (AvgIpc) is 2.71. The largest absolute Gasteiger partial charge is 0.378 e. The van der Waals surface area contributed by atoms with Gasteiger partial charge in [0.05, 0.1) is 11.7 Å². The Morgan fingerprint density at radius 3 is 2.85 bits per heavy atom. The molecule has 72 valence electrons. The molecule has 13 heavy (non-hydrogen) atoms. The summed E-state index contributed by atoms with van der Waals surface area (Å²) >= 11 is 0. The molecule has 2 saturated heterocycles. The van der Waals surface area contributed by atoms with E-state index in [9.17, 15) is 4.79 Å². The molecular formula is C9H12O4. The lowest BCUT2D eigenvalue weighted by atomic mass is 9.71. The molecule has 4 atom stereocenters. The highest BCUT2D eigenvalue weighted by molar-refractivity contribution is 5.83. The number of rotatable bonds is 0. The molecule has 0 N–H and O–H groups in total. The van der Waals surface area contributed by atoms with Gasteiger partial charge < -0.3 is 4.74 Å². The third kappa shape index (κ3) is 0.758. The molecule has 4 unspecified atom stereocenters. The van der Waals surface area contributed by atoms with Crippen LogP contribution in [0.25, 0.3) is 0 Å². The molecule has 4 heteroatoms. The topological polar surface area (TPSA) is 48.1 Å². The van der Waals surface area contributed by atoms with Crippen LogP contribution in [0, 0.1) is 5.92 Å². The third-order valence-corrected chi connectivity index (χ3v) is 3.62. The molecule has 3 aliphatic rings. The van der Waals surface area contributed by atoms with Crippen molar-refractivity contribution >= 4 is 5.97 Å². The Bertz CT molecular complexity index is 289. The van der Waals surface area contributed by atoms with E-state index in [1.807, 2.05) is 13.8 Å². The summed E-state index contributed by atoms with van der Waals surface area (Å²) in [7, 11) is 0. The number of carbonyl (C=O) groups excluding carboxylic acids is 1. The monoisotopic (exact) mass is 184 g/mol. The zero-order valence-corrected chi connectivity index (χ0v) is 7.70. The highest BCUT2D eigenvalue weighted by Crippen LogP contribution is 2.56. The van der Waals surface area contributed by atoms with E-state index in [0.717, 1.165) is 6.42 Å². The van der Waals surface area contributed by atoms with Crippen molar-refractivity contribution in [1.29, 1.82) is 0 Å². The minimum absolute atomic E-state index is 0.133. The molecule has 2 heterocycles. The first kappa shape index (κ1) is 7.76. The minimum Gasteiger partial charge on any atom is -0.366 e. The fraction of sp³-hybridized carbons (Fsp3) is 0.889. The molecule has 0 aromatic rings. The smallest absolute Gasteiger partial charge is 0.366 e. The van der Waals surface area contributed by atoms with Crippen LogP contribution < -0.4 is 0 Å². The van der Waals surface area contributed by atoms with E-state index in [1.54, 1.807) is 0 Å². The van der Waals surface area contributed by atoms with E-state index < -0.39 is 5.60 Å². The summed E-state index contributed by atoms with van der Waals surface area (Å²) in [5.74, 6) is -0.0236. The zero-order valence-electron chi connectivity index (χ0n) is 7.70. The van der Waals surface area contributed by atoms with Crippen molar-refractivity contribution in [2.24, 2.45) is 5.92 Å². The summed E-state index contributed by atoms with van der Waals surface area (Å²) in [4.78, 5) is 20.7. The van der Waals surface area contributed by atoms with Crippen LogP contribution in [0.4, 0.5) is 0 Å². The van der Waals surface area contributed by atoms with Crippen molar-refractivity contribution in [3.63, 3.8) is 0 Å². The summed E-state index contributed by atoms with van der Waals surface area (Å²) in [5.41, 5.74) is -0.826. The highest BCUT2D eigenvalue weighted by atomic mass is 17.3. The van der Waals surface area contributed by atoms with Gasteiger partial charge in [0.25, 0.3) is 0 Å². The average molecular weight is 184 g/mol. The molecule has 0 amide bonds. The molecule has 3 fully saturated rings. The Hall–Kier alpha value is -0.610. The molecule has 0 aromatic heterocycles. The van der Waals surface area contributed by atoms with E-state index in [-0.39, 0.29) is 17.5 Å². The van der Waals surface area contributed by atoms with Crippen LogP contribution in [0.1, 0.15) is 26.7 Å². The van der Waals surface area contributed by atoms with Crippen LogP contribution in [-0.2, 0) is 19.3 Å². The van der Waals surface area contributed by atoms with Crippen LogP contribution >= 0.6 is 0 Å². The van der Waals surface area contributed by atoms with Crippen LogP contribution in [0.3, 0.4) is 0 Å². The van der Waals surface area contributed by atoms with Gasteiger partial charge in [-0.2, -0.15) is 4.89 Å². The molecule has 1 aliphatic carbocycles. The molecule has 0 radical (unpaired) electrons. The summed E-state index contributed by atoms with van der Waals surface area (Å²) in [5, 5.41) is 0. The van der Waals surface area contributed by atoms with Crippen LogP contribution in [-0.4, -0.2) is 23.3 Å². The van der Waals surface area contributed by atoms with Gasteiger partial charge in [-0.3, -0.25) is 4.89 Å². The maximum Gasteiger partial charge on any atom is 0.378 e. The van der Waals surface area contributed by atoms with Gasteiger partial charge in [0, 0.05) is 12.3 Å². The predicted molar refractivity (Wildman–Crippen MR) is 41.6 cm³/mol. The fourth-order valence-electron chi connectivity index (χ4n) is 2.52. The molecule has 3 rings (SSSR count). The van der Waals surface area contributed by atoms with Crippen LogP contribution in [0.5, 0.6) is 0 Å². The van der Waals surface area contributed by atoms with Crippen molar-refractivity contribution in [1.82, 2.24) is 0 Å². The molecule has 0 aromatic carbocycles. The van der Waals surface area contributed by atoms with Gasteiger partial charge in [-0.1, -0.05) is 6.92 Å². The van der Waals surface area contributed by atoms with E-state index in [1.165, 1.54) is 0 Å². The maximum absolute atomic E-state index is 11.3. The first-order valence-electron chi connectivity index (χ1n) is 4.65. The molecule has 1 saturated carbocycles. The minimum atomic E-state index is -0.693. The van der Waals surface area contributed by atoms with Gasteiger partial charge in [-0.25, -0.2) is 4.79 Å². The normalized spacial score (nSPS) is 58.2. The molecular weight excluding hydrogens is 172 g/mol. The highest BCUT2D eigenvalue weighted by Gasteiger charge is 2.70. The Kier molecular flexibility index (Phi) is 1.14. The van der Waals surface area contributed by atoms with Gasteiger partial charge >= 0.3 is 5.97 Å². The Labute approximate surface area is 76.1 Å². The van der Waals surface area contributed by atoms with E-state index in [4.69, 9.17) is 9.62 Å². The van der Waals surface area contributed by atoms with Gasteiger partial charge in [0.1, 0.15) is 0 Å². The molecule has 1 spiro atoms. The Balaban J connectivity index is 1.91. The van der Waals surface area contributed by atoms with Gasteiger partial charge in [0.15, 0.2) is 0 Å². The quantitative estimate of drug-likeness (QED) is 0.412. The van der Waals surface area contributed by atoms with Crippen LogP contribution in [0.2, 0.25) is 0 Å².